The van der Waals surface area contributed by atoms with Gasteiger partial charge in [0.2, 0.25) is 0 Å². The van der Waals surface area contributed by atoms with Crippen LogP contribution in [0.25, 0.3) is 0 Å². The van der Waals surface area contributed by atoms with Crippen LogP contribution in [-0.4, -0.2) is 47.8 Å². The van der Waals surface area contributed by atoms with Gasteiger partial charge in [-0.15, -0.1) is 0 Å². The molecular weight excluding hydrogens is 388 g/mol. The summed E-state index contributed by atoms with van der Waals surface area (Å²) in [5, 5.41) is 12.8. The zero-order chi connectivity index (χ0) is 21.6. The number of hydrogen-bond acceptors (Lipinski definition) is 4. The van der Waals surface area contributed by atoms with Gasteiger partial charge in [0.05, 0.1) is 6.10 Å². The largest absolute Gasteiger partial charge is 0.491 e. The number of hydrogen-bond donors (Lipinski definition) is 2. The first-order chi connectivity index (χ1) is 15.1. The van der Waals surface area contributed by atoms with E-state index in [1.807, 2.05) is 6.92 Å². The van der Waals surface area contributed by atoms with E-state index in [0.29, 0.717) is 17.7 Å². The lowest BCUT2D eigenvalue weighted by atomic mass is 9.87. The van der Waals surface area contributed by atoms with Gasteiger partial charge < -0.3 is 15.2 Å². The molecule has 0 spiro atoms. The van der Waals surface area contributed by atoms with Crippen LogP contribution in [0.1, 0.15) is 59.7 Å². The number of ether oxygens (including phenoxy) is 1. The van der Waals surface area contributed by atoms with Crippen LogP contribution in [0.15, 0.2) is 42.5 Å². The second kappa shape index (κ2) is 10.3. The molecule has 0 unspecified atom stereocenters. The van der Waals surface area contributed by atoms with Crippen LogP contribution in [-0.2, 0) is 19.4 Å². The highest BCUT2D eigenvalue weighted by molar-refractivity contribution is 5.94. The van der Waals surface area contributed by atoms with Gasteiger partial charge in [0.25, 0.3) is 5.91 Å². The van der Waals surface area contributed by atoms with Gasteiger partial charge in [-0.05, 0) is 92.6 Å². The van der Waals surface area contributed by atoms with Crippen LogP contribution in [0.5, 0.6) is 5.75 Å². The van der Waals surface area contributed by atoms with Crippen molar-refractivity contribution in [3.8, 4) is 5.75 Å². The van der Waals surface area contributed by atoms with E-state index in [2.05, 4.69) is 28.4 Å². The third-order valence-corrected chi connectivity index (χ3v) is 6.47. The third kappa shape index (κ3) is 5.86. The second-order valence-electron chi connectivity index (χ2n) is 8.90. The molecule has 166 valence electrons. The van der Waals surface area contributed by atoms with Crippen molar-refractivity contribution in [3.63, 3.8) is 0 Å². The molecule has 1 fully saturated rings. The van der Waals surface area contributed by atoms with E-state index in [9.17, 15) is 9.90 Å². The minimum Gasteiger partial charge on any atom is -0.491 e. The number of nitrogens with zero attached hydrogens (tertiary/aromatic N) is 1. The Kier molecular flexibility index (Phi) is 7.25. The Morgan fingerprint density at radius 1 is 1.16 bits per heavy atom. The molecule has 4 rings (SSSR count). The maximum Gasteiger partial charge on any atom is 0.251 e. The molecule has 5 nitrogen and oxygen atoms in total. The van der Waals surface area contributed by atoms with Gasteiger partial charge in [0.15, 0.2) is 0 Å². The lowest BCUT2D eigenvalue weighted by Gasteiger charge is -2.26. The molecule has 2 aromatic carbocycles. The molecule has 31 heavy (non-hydrogen) atoms. The van der Waals surface area contributed by atoms with Gasteiger partial charge in [0.1, 0.15) is 12.4 Å². The van der Waals surface area contributed by atoms with Gasteiger partial charge >= 0.3 is 0 Å². The van der Waals surface area contributed by atoms with Crippen LogP contribution in [0.4, 0.5) is 0 Å². The van der Waals surface area contributed by atoms with Crippen LogP contribution in [0.3, 0.4) is 0 Å². The Morgan fingerprint density at radius 2 is 1.94 bits per heavy atom. The summed E-state index contributed by atoms with van der Waals surface area (Å²) in [6.07, 6.45) is 5.72. The summed E-state index contributed by atoms with van der Waals surface area (Å²) in [6, 6.07) is 14.2. The fourth-order valence-corrected chi connectivity index (χ4v) is 4.51. The Bertz CT molecular complexity index is 875. The number of rotatable bonds is 8. The number of likely N-dealkylation sites (tertiary alicyclic amines) is 1. The standard InChI is InChI=1S/C26H34N2O3/c1-2-24(29)18-31-25-11-8-20(9-12-25)26(30)27-23-10-7-21-15-19(5-6-22(21)16-23)17-28-13-3-4-14-28/h5-6,8-9,11-12,15,23-24,29H,2-4,7,10,13-14,16-18H2,1H3,(H,27,30)/t23-,24-/m0/s1. The normalized spacial score (nSPS) is 19.6. The van der Waals surface area contributed by atoms with Gasteiger partial charge in [0, 0.05) is 18.2 Å². The molecule has 0 radical (unpaired) electrons. The Balaban J connectivity index is 1.30. The maximum atomic E-state index is 12.7. The second-order valence-corrected chi connectivity index (χ2v) is 8.90. The molecule has 2 atom stereocenters. The van der Waals surface area contributed by atoms with E-state index < -0.39 is 6.10 Å². The molecule has 1 saturated heterocycles. The topological polar surface area (TPSA) is 61.8 Å². The predicted molar refractivity (Wildman–Crippen MR) is 122 cm³/mol. The number of benzene rings is 2. The van der Waals surface area contributed by atoms with Crippen molar-refractivity contribution >= 4 is 5.91 Å². The van der Waals surface area contributed by atoms with Gasteiger partial charge in [-0.3, -0.25) is 9.69 Å². The van der Waals surface area contributed by atoms with E-state index in [0.717, 1.165) is 25.8 Å². The molecule has 1 aliphatic carbocycles. The molecule has 2 aliphatic rings. The summed E-state index contributed by atoms with van der Waals surface area (Å²) in [6.45, 7) is 5.68. The minimum atomic E-state index is -0.464. The quantitative estimate of drug-likeness (QED) is 0.681. The van der Waals surface area contributed by atoms with Crippen LogP contribution in [0.2, 0.25) is 0 Å². The average molecular weight is 423 g/mol. The third-order valence-electron chi connectivity index (χ3n) is 6.47. The summed E-state index contributed by atoms with van der Waals surface area (Å²) in [5.74, 6) is 0.625. The highest BCUT2D eigenvalue weighted by Gasteiger charge is 2.21. The fraction of sp³-hybridized carbons (Fsp3) is 0.500. The maximum absolute atomic E-state index is 12.7. The smallest absolute Gasteiger partial charge is 0.251 e. The number of amides is 1. The highest BCUT2D eigenvalue weighted by Crippen LogP contribution is 2.24. The van der Waals surface area contributed by atoms with Crippen molar-refractivity contribution in [2.75, 3.05) is 19.7 Å². The molecular formula is C26H34N2O3. The van der Waals surface area contributed by atoms with Crippen LogP contribution < -0.4 is 10.1 Å². The number of carbonyl (C=O) groups is 1. The number of nitrogens with one attached hydrogen (secondary N) is 1. The van der Waals surface area contributed by atoms with E-state index in [-0.39, 0.29) is 18.6 Å². The zero-order valence-corrected chi connectivity index (χ0v) is 18.5. The van der Waals surface area contributed by atoms with E-state index in [1.165, 1.54) is 42.6 Å². The first-order valence-corrected chi connectivity index (χ1v) is 11.7. The first-order valence-electron chi connectivity index (χ1n) is 11.7. The summed E-state index contributed by atoms with van der Waals surface area (Å²) in [4.78, 5) is 15.2. The van der Waals surface area contributed by atoms with E-state index in [4.69, 9.17) is 4.74 Å². The van der Waals surface area contributed by atoms with Crippen molar-refractivity contribution in [2.45, 2.75) is 64.1 Å². The molecule has 1 heterocycles. The van der Waals surface area contributed by atoms with Crippen molar-refractivity contribution < 1.29 is 14.6 Å². The number of fused-ring (bicyclic) bond motifs is 1. The van der Waals surface area contributed by atoms with Crippen molar-refractivity contribution in [1.82, 2.24) is 10.2 Å². The van der Waals surface area contributed by atoms with E-state index >= 15 is 0 Å². The Labute approximate surface area is 185 Å². The molecule has 1 amide bonds. The summed E-state index contributed by atoms with van der Waals surface area (Å²) >= 11 is 0. The predicted octanol–water partition coefficient (Wildman–Crippen LogP) is 3.72. The molecule has 2 N–H and O–H groups in total. The fourth-order valence-electron chi connectivity index (χ4n) is 4.51. The van der Waals surface area contributed by atoms with Gasteiger partial charge in [-0.25, -0.2) is 0 Å². The molecule has 0 aromatic heterocycles. The zero-order valence-electron chi connectivity index (χ0n) is 18.5. The first kappa shape index (κ1) is 21.8. The molecule has 1 aliphatic heterocycles. The average Bonchev–Trinajstić information content (AvgIpc) is 3.31. The number of aryl methyl sites for hydroxylation is 1. The Morgan fingerprint density at radius 3 is 2.68 bits per heavy atom. The van der Waals surface area contributed by atoms with Crippen molar-refractivity contribution in [1.29, 1.82) is 0 Å². The molecule has 0 saturated carbocycles. The van der Waals surface area contributed by atoms with Crippen LogP contribution >= 0.6 is 0 Å². The summed E-state index contributed by atoms with van der Waals surface area (Å²) < 4.78 is 5.55. The molecule has 0 bridgehead atoms. The lowest BCUT2D eigenvalue weighted by Crippen LogP contribution is -2.38. The van der Waals surface area contributed by atoms with Gasteiger partial charge in [-0.2, -0.15) is 0 Å². The lowest BCUT2D eigenvalue weighted by molar-refractivity contribution is 0.0932. The Hall–Kier alpha value is -2.37. The SMILES string of the molecule is CC[C@H](O)COc1ccc(C(=O)N[C@H]2CCc3cc(CN4CCCC4)ccc3C2)cc1. The van der Waals surface area contributed by atoms with E-state index in [1.54, 1.807) is 24.3 Å². The highest BCUT2D eigenvalue weighted by atomic mass is 16.5. The summed E-state index contributed by atoms with van der Waals surface area (Å²) in [5.41, 5.74) is 4.85. The van der Waals surface area contributed by atoms with Crippen LogP contribution in [0, 0.1) is 0 Å². The number of aliphatic hydroxyl groups is 1. The number of carbonyl (C=O) groups excluding carboxylic acids is 1. The van der Waals surface area contributed by atoms with Gasteiger partial charge in [-0.1, -0.05) is 25.1 Å². The van der Waals surface area contributed by atoms with Crippen molar-refractivity contribution in [3.05, 3.63) is 64.7 Å². The minimum absolute atomic E-state index is 0.0424. The molecule has 5 heteroatoms. The monoisotopic (exact) mass is 422 g/mol. The molecule has 2 aromatic rings. The van der Waals surface area contributed by atoms with Crippen molar-refractivity contribution in [2.24, 2.45) is 0 Å². The number of aliphatic hydroxyl groups excluding tert-OH is 1. The summed E-state index contributed by atoms with van der Waals surface area (Å²) in [7, 11) is 0.